The van der Waals surface area contributed by atoms with Gasteiger partial charge in [0.05, 0.1) is 13.7 Å². The molecule has 22 heavy (non-hydrogen) atoms. The third kappa shape index (κ3) is 5.01. The number of nitrogens with one attached hydrogen (secondary N) is 1. The van der Waals surface area contributed by atoms with Gasteiger partial charge >= 0.3 is 0 Å². The largest absolute Gasteiger partial charge is 0.497 e. The van der Waals surface area contributed by atoms with Crippen molar-refractivity contribution in [1.29, 1.82) is 0 Å². The van der Waals surface area contributed by atoms with Gasteiger partial charge in [-0.05, 0) is 48.9 Å². The molecule has 2 rings (SSSR count). The summed E-state index contributed by atoms with van der Waals surface area (Å²) in [5.74, 6) is 2.00. The SMILES string of the molecule is COc1ccc(NC(N)=NCCOc2cccc(C)c2)cc1. The molecule has 0 aliphatic heterocycles. The predicted molar refractivity (Wildman–Crippen MR) is 89.8 cm³/mol. The first-order valence-electron chi connectivity index (χ1n) is 7.08. The molecule has 0 saturated carbocycles. The molecule has 0 unspecified atom stereocenters. The monoisotopic (exact) mass is 299 g/mol. The lowest BCUT2D eigenvalue weighted by Crippen LogP contribution is -2.23. The van der Waals surface area contributed by atoms with Crippen molar-refractivity contribution in [2.75, 3.05) is 25.6 Å². The number of guanidine groups is 1. The Morgan fingerprint density at radius 2 is 1.91 bits per heavy atom. The van der Waals surface area contributed by atoms with Gasteiger partial charge in [-0.15, -0.1) is 0 Å². The summed E-state index contributed by atoms with van der Waals surface area (Å²) in [6, 6.07) is 15.4. The number of nitrogens with two attached hydrogens (primary N) is 1. The van der Waals surface area contributed by atoms with E-state index in [1.807, 2.05) is 55.5 Å². The first-order chi connectivity index (χ1) is 10.7. The number of aryl methyl sites for hydroxylation is 1. The summed E-state index contributed by atoms with van der Waals surface area (Å²) in [7, 11) is 1.63. The van der Waals surface area contributed by atoms with E-state index in [0.29, 0.717) is 19.1 Å². The second-order valence-electron chi connectivity index (χ2n) is 4.79. The van der Waals surface area contributed by atoms with Crippen LogP contribution >= 0.6 is 0 Å². The van der Waals surface area contributed by atoms with Crippen molar-refractivity contribution in [2.24, 2.45) is 10.7 Å². The predicted octanol–water partition coefficient (Wildman–Crippen LogP) is 2.81. The van der Waals surface area contributed by atoms with E-state index in [1.165, 1.54) is 5.56 Å². The van der Waals surface area contributed by atoms with Gasteiger partial charge in [0.1, 0.15) is 18.1 Å². The maximum atomic E-state index is 5.83. The Morgan fingerprint density at radius 3 is 2.59 bits per heavy atom. The fraction of sp³-hybridized carbons (Fsp3) is 0.235. The molecule has 0 heterocycles. The summed E-state index contributed by atoms with van der Waals surface area (Å²) in [6.45, 7) is 3.00. The summed E-state index contributed by atoms with van der Waals surface area (Å²) in [5, 5.41) is 3.02. The van der Waals surface area contributed by atoms with Crippen LogP contribution in [0.3, 0.4) is 0 Å². The number of anilines is 1. The second-order valence-corrected chi connectivity index (χ2v) is 4.79. The van der Waals surface area contributed by atoms with E-state index in [0.717, 1.165) is 17.2 Å². The molecule has 0 aliphatic carbocycles. The lowest BCUT2D eigenvalue weighted by atomic mass is 10.2. The molecular weight excluding hydrogens is 278 g/mol. The Balaban J connectivity index is 1.77. The average Bonchev–Trinajstić information content (AvgIpc) is 2.52. The van der Waals surface area contributed by atoms with Gasteiger partial charge in [-0.1, -0.05) is 12.1 Å². The molecule has 0 bridgehead atoms. The minimum absolute atomic E-state index is 0.359. The molecule has 5 nitrogen and oxygen atoms in total. The van der Waals surface area contributed by atoms with Gasteiger partial charge in [0, 0.05) is 5.69 Å². The van der Waals surface area contributed by atoms with Crippen molar-refractivity contribution in [2.45, 2.75) is 6.92 Å². The number of hydrogen-bond acceptors (Lipinski definition) is 3. The second kappa shape index (κ2) is 7.93. The smallest absolute Gasteiger partial charge is 0.193 e. The normalized spacial score (nSPS) is 11.1. The van der Waals surface area contributed by atoms with Crippen LogP contribution < -0.4 is 20.5 Å². The molecule has 0 saturated heterocycles. The molecular formula is C17H21N3O2. The first kappa shape index (κ1) is 15.7. The van der Waals surface area contributed by atoms with Crippen LogP contribution in [0, 0.1) is 6.92 Å². The highest BCUT2D eigenvalue weighted by molar-refractivity contribution is 5.92. The van der Waals surface area contributed by atoms with Gasteiger partial charge in [0.25, 0.3) is 0 Å². The Labute approximate surface area is 130 Å². The zero-order chi connectivity index (χ0) is 15.8. The highest BCUT2D eigenvalue weighted by Gasteiger charge is 1.97. The average molecular weight is 299 g/mol. The third-order valence-corrected chi connectivity index (χ3v) is 2.99. The van der Waals surface area contributed by atoms with Crippen LogP contribution in [0.5, 0.6) is 11.5 Å². The number of aliphatic imine (C=N–C) groups is 1. The van der Waals surface area contributed by atoms with Crippen molar-refractivity contribution in [3.05, 3.63) is 54.1 Å². The molecule has 0 amide bonds. The molecule has 0 atom stereocenters. The van der Waals surface area contributed by atoms with Gasteiger partial charge < -0.3 is 20.5 Å². The lowest BCUT2D eigenvalue weighted by molar-refractivity contribution is 0.328. The number of hydrogen-bond donors (Lipinski definition) is 2. The zero-order valence-corrected chi connectivity index (χ0v) is 12.9. The standard InChI is InChI=1S/C17H21N3O2/c1-13-4-3-5-16(12-13)22-11-10-19-17(18)20-14-6-8-15(21-2)9-7-14/h3-9,12H,10-11H2,1-2H3,(H3,18,19,20). The highest BCUT2D eigenvalue weighted by atomic mass is 16.5. The quantitative estimate of drug-likeness (QED) is 0.489. The molecule has 116 valence electrons. The van der Waals surface area contributed by atoms with E-state index in [9.17, 15) is 0 Å². The van der Waals surface area contributed by atoms with Crippen molar-refractivity contribution in [3.63, 3.8) is 0 Å². The Hall–Kier alpha value is -2.69. The number of ether oxygens (including phenoxy) is 2. The van der Waals surface area contributed by atoms with Crippen molar-refractivity contribution in [1.82, 2.24) is 0 Å². The summed E-state index contributed by atoms with van der Waals surface area (Å²) >= 11 is 0. The molecule has 0 aromatic heterocycles. The maximum absolute atomic E-state index is 5.83. The number of benzene rings is 2. The third-order valence-electron chi connectivity index (χ3n) is 2.99. The van der Waals surface area contributed by atoms with E-state index >= 15 is 0 Å². The minimum Gasteiger partial charge on any atom is -0.497 e. The fourth-order valence-corrected chi connectivity index (χ4v) is 1.90. The Bertz CT molecular complexity index is 624. The molecule has 5 heteroatoms. The van der Waals surface area contributed by atoms with E-state index in [1.54, 1.807) is 7.11 Å². The summed E-state index contributed by atoms with van der Waals surface area (Å²) in [4.78, 5) is 4.23. The van der Waals surface area contributed by atoms with Crippen LogP contribution in [0.2, 0.25) is 0 Å². The van der Waals surface area contributed by atoms with Crippen LogP contribution in [0.25, 0.3) is 0 Å². The Kier molecular flexibility index (Phi) is 5.65. The van der Waals surface area contributed by atoms with E-state index in [-0.39, 0.29) is 0 Å². The fourth-order valence-electron chi connectivity index (χ4n) is 1.90. The van der Waals surface area contributed by atoms with Crippen molar-refractivity contribution in [3.8, 4) is 11.5 Å². The zero-order valence-electron chi connectivity index (χ0n) is 12.9. The van der Waals surface area contributed by atoms with Crippen molar-refractivity contribution < 1.29 is 9.47 Å². The molecule has 0 radical (unpaired) electrons. The van der Waals surface area contributed by atoms with Gasteiger partial charge in [-0.3, -0.25) is 0 Å². The highest BCUT2D eigenvalue weighted by Crippen LogP contribution is 2.14. The van der Waals surface area contributed by atoms with E-state index in [4.69, 9.17) is 15.2 Å². The molecule has 0 spiro atoms. The summed E-state index contributed by atoms with van der Waals surface area (Å²) < 4.78 is 10.7. The minimum atomic E-state index is 0.359. The van der Waals surface area contributed by atoms with E-state index < -0.39 is 0 Å². The van der Waals surface area contributed by atoms with Crippen LogP contribution in [0.4, 0.5) is 5.69 Å². The molecule has 2 aromatic rings. The topological polar surface area (TPSA) is 68.9 Å². The first-order valence-corrected chi connectivity index (χ1v) is 7.08. The Morgan fingerprint density at radius 1 is 1.14 bits per heavy atom. The van der Waals surface area contributed by atoms with E-state index in [2.05, 4.69) is 10.3 Å². The number of methoxy groups -OCH3 is 1. The van der Waals surface area contributed by atoms with Crippen LogP contribution in [-0.4, -0.2) is 26.2 Å². The number of nitrogens with zero attached hydrogens (tertiary/aromatic N) is 1. The van der Waals surface area contributed by atoms with Crippen LogP contribution in [0.15, 0.2) is 53.5 Å². The molecule has 2 aromatic carbocycles. The van der Waals surface area contributed by atoms with Gasteiger partial charge in [-0.25, -0.2) is 4.99 Å². The molecule has 3 N–H and O–H groups in total. The lowest BCUT2D eigenvalue weighted by Gasteiger charge is -2.08. The van der Waals surface area contributed by atoms with Crippen LogP contribution in [-0.2, 0) is 0 Å². The summed E-state index contributed by atoms with van der Waals surface area (Å²) in [5.41, 5.74) is 7.86. The molecule has 0 aliphatic rings. The number of rotatable bonds is 6. The van der Waals surface area contributed by atoms with Crippen LogP contribution in [0.1, 0.15) is 5.56 Å². The summed E-state index contributed by atoms with van der Waals surface area (Å²) in [6.07, 6.45) is 0. The van der Waals surface area contributed by atoms with Gasteiger partial charge in [0.2, 0.25) is 0 Å². The maximum Gasteiger partial charge on any atom is 0.193 e. The van der Waals surface area contributed by atoms with Gasteiger partial charge in [-0.2, -0.15) is 0 Å². The molecule has 0 fully saturated rings. The van der Waals surface area contributed by atoms with Crippen molar-refractivity contribution >= 4 is 11.6 Å². The van der Waals surface area contributed by atoms with Gasteiger partial charge in [0.15, 0.2) is 5.96 Å².